The Labute approximate surface area is 198 Å². The Balaban J connectivity index is 1.50. The number of aliphatic hydroxyl groups is 1. The highest BCUT2D eigenvalue weighted by Gasteiger charge is 2.49. The van der Waals surface area contributed by atoms with Crippen molar-refractivity contribution >= 4 is 23.4 Å². The summed E-state index contributed by atoms with van der Waals surface area (Å²) < 4.78 is 26.4. The van der Waals surface area contributed by atoms with E-state index in [0.717, 1.165) is 29.9 Å². The summed E-state index contributed by atoms with van der Waals surface area (Å²) >= 11 is 6.57. The predicted octanol–water partition coefficient (Wildman–Crippen LogP) is 3.07. The van der Waals surface area contributed by atoms with Crippen LogP contribution in [0.5, 0.6) is 0 Å². The summed E-state index contributed by atoms with van der Waals surface area (Å²) in [4.78, 5) is 16.0. The van der Waals surface area contributed by atoms with Gasteiger partial charge in [0.05, 0.1) is 35.7 Å². The van der Waals surface area contributed by atoms with Crippen LogP contribution in [0.3, 0.4) is 0 Å². The number of rotatable bonds is 5. The summed E-state index contributed by atoms with van der Waals surface area (Å²) in [6.45, 7) is 4.94. The molecule has 0 radical (unpaired) electrons. The third-order valence-electron chi connectivity index (χ3n) is 7.34. The molecule has 7 atom stereocenters. The third-order valence-corrected chi connectivity index (χ3v) is 7.63. The Kier molecular flexibility index (Phi) is 6.32. The van der Waals surface area contributed by atoms with Crippen molar-refractivity contribution in [3.05, 3.63) is 28.2 Å². The van der Waals surface area contributed by atoms with Gasteiger partial charge in [-0.25, -0.2) is 14.4 Å². The van der Waals surface area contributed by atoms with Gasteiger partial charge >= 0.3 is 0 Å². The molecule has 0 aromatic carbocycles. The lowest BCUT2D eigenvalue weighted by Gasteiger charge is -2.42. The number of aromatic nitrogens is 2. The lowest BCUT2D eigenvalue weighted by Crippen LogP contribution is -2.46. The lowest BCUT2D eigenvalue weighted by molar-refractivity contribution is -0.0136. The number of amidine groups is 1. The monoisotopic (exact) mass is 479 g/mol. The Bertz CT molecular complexity index is 975. The molecular formula is C23H31ClFN5O3. The molecule has 3 aliphatic heterocycles. The van der Waals surface area contributed by atoms with Gasteiger partial charge in [0, 0.05) is 31.4 Å². The largest absolute Gasteiger partial charge is 0.389 e. The van der Waals surface area contributed by atoms with Crippen LogP contribution >= 0.6 is 11.6 Å². The molecule has 5 unspecified atom stereocenters. The SMILES string of the molecule is COC(C)C1=NC2C3=C(CC[C@H](C)N13)C(c1nc(NC3CCOC[C@H]3O)ncc1Cl)CC2F. The fourth-order valence-corrected chi connectivity index (χ4v) is 5.72. The van der Waals surface area contributed by atoms with Crippen LogP contribution in [-0.4, -0.2) is 82.6 Å². The maximum absolute atomic E-state index is 15.5. The predicted molar refractivity (Wildman–Crippen MR) is 123 cm³/mol. The molecule has 1 aliphatic carbocycles. The van der Waals surface area contributed by atoms with Crippen molar-refractivity contribution in [3.8, 4) is 0 Å². The molecule has 0 bridgehead atoms. The summed E-state index contributed by atoms with van der Waals surface area (Å²) in [5, 5.41) is 13.9. The maximum Gasteiger partial charge on any atom is 0.223 e. The van der Waals surface area contributed by atoms with Crippen LogP contribution < -0.4 is 5.32 Å². The lowest BCUT2D eigenvalue weighted by atomic mass is 9.75. The molecule has 0 saturated carbocycles. The quantitative estimate of drug-likeness (QED) is 0.670. The minimum Gasteiger partial charge on any atom is -0.389 e. The van der Waals surface area contributed by atoms with E-state index in [9.17, 15) is 5.11 Å². The minimum atomic E-state index is -1.14. The third kappa shape index (κ3) is 4.03. The number of aliphatic imine (C=N–C) groups is 1. The number of halogens is 2. The smallest absolute Gasteiger partial charge is 0.223 e. The van der Waals surface area contributed by atoms with Gasteiger partial charge in [0.1, 0.15) is 24.2 Å². The molecule has 1 fully saturated rings. The number of nitrogens with one attached hydrogen (secondary N) is 1. The molecule has 4 aliphatic rings. The van der Waals surface area contributed by atoms with E-state index >= 15 is 4.39 Å². The molecule has 2 N–H and O–H groups in total. The first-order valence-electron chi connectivity index (χ1n) is 11.7. The van der Waals surface area contributed by atoms with Crippen molar-refractivity contribution in [3.63, 3.8) is 0 Å². The van der Waals surface area contributed by atoms with E-state index in [4.69, 9.17) is 31.1 Å². The molecule has 0 amide bonds. The van der Waals surface area contributed by atoms with Gasteiger partial charge in [0.15, 0.2) is 0 Å². The highest BCUT2D eigenvalue weighted by Crippen LogP contribution is 2.50. The first-order valence-corrected chi connectivity index (χ1v) is 12.1. The number of methoxy groups -OCH3 is 1. The fourth-order valence-electron chi connectivity index (χ4n) is 5.50. The Morgan fingerprint density at radius 2 is 2.21 bits per heavy atom. The highest BCUT2D eigenvalue weighted by atomic mass is 35.5. The Morgan fingerprint density at radius 3 is 2.97 bits per heavy atom. The van der Waals surface area contributed by atoms with E-state index in [1.54, 1.807) is 13.3 Å². The van der Waals surface area contributed by atoms with E-state index in [2.05, 4.69) is 22.1 Å². The van der Waals surface area contributed by atoms with Gasteiger partial charge in [-0.3, -0.25) is 4.99 Å². The summed E-state index contributed by atoms with van der Waals surface area (Å²) in [7, 11) is 1.65. The number of hydrogen-bond acceptors (Lipinski definition) is 8. The zero-order valence-electron chi connectivity index (χ0n) is 19.2. The van der Waals surface area contributed by atoms with Crippen molar-refractivity contribution in [1.29, 1.82) is 0 Å². The van der Waals surface area contributed by atoms with Gasteiger partial charge in [-0.1, -0.05) is 11.6 Å². The molecule has 33 heavy (non-hydrogen) atoms. The minimum absolute atomic E-state index is 0.202. The van der Waals surface area contributed by atoms with E-state index in [1.165, 1.54) is 0 Å². The zero-order chi connectivity index (χ0) is 23.3. The molecule has 0 spiro atoms. The number of anilines is 1. The number of hydrogen-bond donors (Lipinski definition) is 2. The highest BCUT2D eigenvalue weighted by molar-refractivity contribution is 6.31. The molecule has 8 nitrogen and oxygen atoms in total. The Hall–Kier alpha value is -1.81. The number of allylic oxidation sites excluding steroid dienone is 1. The second kappa shape index (κ2) is 9.09. The van der Waals surface area contributed by atoms with Crippen molar-refractivity contribution < 1.29 is 19.0 Å². The molecule has 1 saturated heterocycles. The van der Waals surface area contributed by atoms with Crippen molar-refractivity contribution in [2.75, 3.05) is 25.6 Å². The molecule has 1 aromatic heterocycles. The molecule has 5 rings (SSSR count). The van der Waals surface area contributed by atoms with Gasteiger partial charge < -0.3 is 24.8 Å². The van der Waals surface area contributed by atoms with E-state index < -0.39 is 18.3 Å². The van der Waals surface area contributed by atoms with Crippen LogP contribution in [0.25, 0.3) is 0 Å². The van der Waals surface area contributed by atoms with Gasteiger partial charge in [-0.05, 0) is 45.1 Å². The summed E-state index contributed by atoms with van der Waals surface area (Å²) in [6.07, 6.45) is 2.31. The fraction of sp³-hybridized carbons (Fsp3) is 0.696. The summed E-state index contributed by atoms with van der Waals surface area (Å²) in [5.41, 5.74) is 2.74. The normalized spacial score (nSPS) is 34.7. The van der Waals surface area contributed by atoms with Crippen molar-refractivity contribution in [1.82, 2.24) is 14.9 Å². The number of nitrogens with zero attached hydrogens (tertiary/aromatic N) is 4. The van der Waals surface area contributed by atoms with E-state index in [1.807, 2.05) is 6.92 Å². The average Bonchev–Trinajstić information content (AvgIpc) is 3.22. The van der Waals surface area contributed by atoms with E-state index in [0.29, 0.717) is 29.7 Å². The first-order chi connectivity index (χ1) is 15.9. The number of alkyl halides is 1. The standard InChI is InChI=1S/C23H31ClFN5O3/c1-11-4-5-13-14(8-16(25)20-21(13)30(11)22(28-20)12(2)32-3)19-15(24)9-26-23(29-19)27-17-6-7-33-10-18(17)31/h9,11-12,14,16-18,20,31H,4-8,10H2,1-3H3,(H,26,27,29)/t11-,12?,14?,16?,17?,18+,20?/m0/s1. The molecule has 10 heteroatoms. The molecule has 1 aromatic rings. The number of ether oxygens (including phenoxy) is 2. The average molecular weight is 480 g/mol. The van der Waals surface area contributed by atoms with E-state index in [-0.39, 0.29) is 37.1 Å². The molecule has 4 heterocycles. The van der Waals surface area contributed by atoms with Crippen LogP contribution in [-0.2, 0) is 9.47 Å². The molecule has 180 valence electrons. The van der Waals surface area contributed by atoms with Crippen molar-refractivity contribution in [2.45, 2.75) is 82.0 Å². The second-order valence-corrected chi connectivity index (χ2v) is 9.80. The zero-order valence-corrected chi connectivity index (χ0v) is 19.9. The van der Waals surface area contributed by atoms with Crippen LogP contribution in [0.4, 0.5) is 10.3 Å². The van der Waals surface area contributed by atoms with Gasteiger partial charge in [-0.15, -0.1) is 0 Å². The maximum atomic E-state index is 15.5. The van der Waals surface area contributed by atoms with Crippen molar-refractivity contribution in [2.24, 2.45) is 4.99 Å². The number of aliphatic hydroxyl groups excluding tert-OH is 1. The topological polar surface area (TPSA) is 92.1 Å². The van der Waals surface area contributed by atoms with Crippen LogP contribution in [0.15, 0.2) is 22.5 Å². The van der Waals surface area contributed by atoms with Crippen LogP contribution in [0.1, 0.15) is 51.1 Å². The van der Waals surface area contributed by atoms with Crippen LogP contribution in [0.2, 0.25) is 5.02 Å². The first kappa shape index (κ1) is 23.0. The van der Waals surface area contributed by atoms with Crippen LogP contribution in [0, 0.1) is 0 Å². The molecular weight excluding hydrogens is 449 g/mol. The second-order valence-electron chi connectivity index (χ2n) is 9.39. The van der Waals surface area contributed by atoms with Gasteiger partial charge in [-0.2, -0.15) is 0 Å². The summed E-state index contributed by atoms with van der Waals surface area (Å²) in [6, 6.07) is -0.474. The summed E-state index contributed by atoms with van der Waals surface area (Å²) in [5.74, 6) is 0.945. The van der Waals surface area contributed by atoms with Gasteiger partial charge in [0.25, 0.3) is 0 Å². The Morgan fingerprint density at radius 1 is 1.39 bits per heavy atom. The van der Waals surface area contributed by atoms with Gasteiger partial charge in [0.2, 0.25) is 5.95 Å².